The molecule has 0 fully saturated rings. The maximum Gasteiger partial charge on any atom is 0.435 e. The first-order valence-corrected chi connectivity index (χ1v) is 9.86. The van der Waals surface area contributed by atoms with Gasteiger partial charge in [-0.25, -0.2) is 4.39 Å². The molecular formula is C22H16F4N4O4. The molecular weight excluding hydrogens is 460 g/mol. The van der Waals surface area contributed by atoms with E-state index < -0.39 is 29.5 Å². The summed E-state index contributed by atoms with van der Waals surface area (Å²) >= 11 is 0. The summed E-state index contributed by atoms with van der Waals surface area (Å²) in [6.07, 6.45) is -4.78. The van der Waals surface area contributed by atoms with Crippen molar-refractivity contribution in [2.75, 3.05) is 6.79 Å². The van der Waals surface area contributed by atoms with Gasteiger partial charge in [-0.05, 0) is 36.8 Å². The number of carbonyl (C=O) groups is 1. The fourth-order valence-electron chi connectivity index (χ4n) is 3.18. The molecule has 3 aromatic rings. The molecule has 0 bridgehead atoms. The first-order chi connectivity index (χ1) is 16.1. The van der Waals surface area contributed by atoms with Gasteiger partial charge in [-0.1, -0.05) is 10.9 Å². The number of hydrogen-bond donors (Lipinski definition) is 1. The van der Waals surface area contributed by atoms with Crippen LogP contribution < -0.4 is 19.6 Å². The lowest BCUT2D eigenvalue weighted by Crippen LogP contribution is -2.29. The summed E-state index contributed by atoms with van der Waals surface area (Å²) in [5, 5.41) is 14.9. The molecule has 2 aromatic carbocycles. The van der Waals surface area contributed by atoms with Crippen LogP contribution in [-0.4, -0.2) is 22.6 Å². The van der Waals surface area contributed by atoms with Crippen molar-refractivity contribution in [3.8, 4) is 23.3 Å². The molecule has 34 heavy (non-hydrogen) atoms. The molecule has 8 nitrogen and oxygen atoms in total. The number of halogens is 4. The number of carbonyl (C=O) groups excluding carboxylic acids is 1. The Morgan fingerprint density at radius 2 is 2.00 bits per heavy atom. The van der Waals surface area contributed by atoms with E-state index >= 15 is 0 Å². The lowest BCUT2D eigenvalue weighted by molar-refractivity contribution is -0.142. The smallest absolute Gasteiger partial charge is 0.435 e. The largest absolute Gasteiger partial charge is 0.454 e. The summed E-state index contributed by atoms with van der Waals surface area (Å²) in [5.74, 6) is -1.15. The van der Waals surface area contributed by atoms with Gasteiger partial charge < -0.3 is 19.6 Å². The quantitative estimate of drug-likeness (QED) is 0.542. The molecule has 0 saturated carbocycles. The summed E-state index contributed by atoms with van der Waals surface area (Å²) in [4.78, 5) is 18.5. The molecule has 176 valence electrons. The van der Waals surface area contributed by atoms with Crippen molar-refractivity contribution >= 4 is 5.91 Å². The number of hydrogen-bond acceptors (Lipinski definition) is 6. The molecule has 0 radical (unpaired) electrons. The van der Waals surface area contributed by atoms with Gasteiger partial charge in [0.05, 0.1) is 24.1 Å². The Balaban J connectivity index is 1.52. The standard InChI is InChI=1S/C22H16F4N4O4/c1-12(14-2-3-18-19(6-14)33-11-32-18)21(31)28-10-16-8-20(22(24,25)26)29-30(16)34-17-5-13(9-27)4-15(23)7-17/h2-8,12H,10-11H2,1H3,(H,28,31). The average Bonchev–Trinajstić information content (AvgIpc) is 3.42. The van der Waals surface area contributed by atoms with Crippen LogP contribution in [-0.2, 0) is 17.5 Å². The van der Waals surface area contributed by atoms with E-state index in [1.165, 1.54) is 0 Å². The Morgan fingerprint density at radius 1 is 1.24 bits per heavy atom. The number of amides is 1. The van der Waals surface area contributed by atoms with Crippen molar-refractivity contribution in [2.45, 2.75) is 25.6 Å². The van der Waals surface area contributed by atoms with Crippen molar-refractivity contribution in [1.29, 1.82) is 5.26 Å². The zero-order valence-corrected chi connectivity index (χ0v) is 17.5. The normalized spacial score (nSPS) is 13.3. The van der Waals surface area contributed by atoms with Crippen molar-refractivity contribution in [3.05, 3.63) is 70.8 Å². The molecule has 0 aliphatic carbocycles. The lowest BCUT2D eigenvalue weighted by atomic mass is 10.00. The van der Waals surface area contributed by atoms with Gasteiger partial charge in [0.25, 0.3) is 0 Å². The summed E-state index contributed by atoms with van der Waals surface area (Å²) < 4.78 is 63.9. The Morgan fingerprint density at radius 3 is 2.74 bits per heavy atom. The van der Waals surface area contributed by atoms with Crippen LogP contribution in [0, 0.1) is 17.1 Å². The number of benzene rings is 2. The van der Waals surface area contributed by atoms with Crippen LogP contribution in [0.15, 0.2) is 42.5 Å². The Labute approximate surface area is 190 Å². The number of nitriles is 1. The molecule has 1 amide bonds. The van der Waals surface area contributed by atoms with E-state index in [0.717, 1.165) is 18.2 Å². The van der Waals surface area contributed by atoms with Crippen LogP contribution in [0.3, 0.4) is 0 Å². The van der Waals surface area contributed by atoms with Gasteiger partial charge in [-0.15, -0.1) is 5.10 Å². The lowest BCUT2D eigenvalue weighted by Gasteiger charge is -2.14. The molecule has 0 spiro atoms. The van der Waals surface area contributed by atoms with E-state index in [0.29, 0.717) is 28.0 Å². The van der Waals surface area contributed by atoms with Gasteiger partial charge >= 0.3 is 6.18 Å². The van der Waals surface area contributed by atoms with E-state index in [4.69, 9.17) is 19.6 Å². The minimum atomic E-state index is -4.78. The Bertz CT molecular complexity index is 1280. The molecule has 1 atom stereocenters. The number of nitrogens with zero attached hydrogens (tertiary/aromatic N) is 3. The zero-order valence-electron chi connectivity index (χ0n) is 17.5. The highest BCUT2D eigenvalue weighted by atomic mass is 19.4. The highest BCUT2D eigenvalue weighted by Gasteiger charge is 2.35. The molecule has 12 heteroatoms. The number of alkyl halides is 3. The number of nitrogens with one attached hydrogen (secondary N) is 1. The Kier molecular flexibility index (Phi) is 6.02. The van der Waals surface area contributed by atoms with Gasteiger partial charge in [0.15, 0.2) is 22.9 Å². The van der Waals surface area contributed by atoms with Gasteiger partial charge in [0, 0.05) is 12.1 Å². The topological polar surface area (TPSA) is 98.4 Å². The summed E-state index contributed by atoms with van der Waals surface area (Å²) in [6.45, 7) is 1.33. The fourth-order valence-corrected chi connectivity index (χ4v) is 3.18. The monoisotopic (exact) mass is 476 g/mol. The van der Waals surface area contributed by atoms with Crippen LogP contribution in [0.2, 0.25) is 0 Å². The molecule has 1 aromatic heterocycles. The van der Waals surface area contributed by atoms with Crippen LogP contribution >= 0.6 is 0 Å². The zero-order chi connectivity index (χ0) is 24.5. The molecule has 4 rings (SSSR count). The van der Waals surface area contributed by atoms with Crippen molar-refractivity contribution in [1.82, 2.24) is 15.3 Å². The number of rotatable bonds is 6. The maximum absolute atomic E-state index is 13.7. The van der Waals surface area contributed by atoms with Crippen molar-refractivity contribution in [2.24, 2.45) is 0 Å². The van der Waals surface area contributed by atoms with Crippen molar-refractivity contribution in [3.63, 3.8) is 0 Å². The van der Waals surface area contributed by atoms with Crippen LogP contribution in [0.4, 0.5) is 17.6 Å². The predicted octanol–water partition coefficient (Wildman–Crippen LogP) is 3.90. The van der Waals surface area contributed by atoms with Gasteiger partial charge in [-0.3, -0.25) is 4.79 Å². The van der Waals surface area contributed by atoms with E-state index in [9.17, 15) is 22.4 Å². The highest BCUT2D eigenvalue weighted by molar-refractivity contribution is 5.83. The molecule has 0 saturated heterocycles. The van der Waals surface area contributed by atoms with E-state index in [2.05, 4.69) is 10.4 Å². The molecule has 2 heterocycles. The fraction of sp³-hybridized carbons (Fsp3) is 0.227. The third kappa shape index (κ3) is 4.88. The summed E-state index contributed by atoms with van der Waals surface area (Å²) in [6, 6.07) is 10.4. The van der Waals surface area contributed by atoms with Crippen LogP contribution in [0.1, 0.15) is 35.4 Å². The molecule has 1 aliphatic heterocycles. The number of fused-ring (bicyclic) bond motifs is 1. The third-order valence-corrected chi connectivity index (χ3v) is 4.96. The maximum atomic E-state index is 13.7. The van der Waals surface area contributed by atoms with E-state index in [1.54, 1.807) is 31.2 Å². The molecule has 1 unspecified atom stereocenters. The van der Waals surface area contributed by atoms with Gasteiger partial charge in [-0.2, -0.15) is 18.4 Å². The predicted molar refractivity (Wildman–Crippen MR) is 107 cm³/mol. The molecule has 1 aliphatic rings. The first kappa shape index (κ1) is 22.9. The SMILES string of the molecule is CC(C(=O)NCc1cc(C(F)(F)F)nn1Oc1cc(F)cc(C#N)c1)c1ccc2c(c1)OCO2. The van der Waals surface area contributed by atoms with E-state index in [-0.39, 0.29) is 30.3 Å². The number of ether oxygens (including phenoxy) is 2. The second-order valence-electron chi connectivity index (χ2n) is 7.32. The second-order valence-corrected chi connectivity index (χ2v) is 7.32. The highest BCUT2D eigenvalue weighted by Crippen LogP contribution is 2.34. The number of aromatic nitrogens is 2. The summed E-state index contributed by atoms with van der Waals surface area (Å²) in [5.41, 5.74) is -0.893. The van der Waals surface area contributed by atoms with E-state index in [1.807, 2.05) is 0 Å². The van der Waals surface area contributed by atoms with Crippen molar-refractivity contribution < 1.29 is 36.7 Å². The minimum Gasteiger partial charge on any atom is -0.454 e. The second kappa shape index (κ2) is 8.93. The third-order valence-electron chi connectivity index (χ3n) is 4.96. The van der Waals surface area contributed by atoms with Crippen LogP contribution in [0.5, 0.6) is 17.2 Å². The molecule has 1 N–H and O–H groups in total. The Hall–Kier alpha value is -4.27. The van der Waals surface area contributed by atoms with Crippen LogP contribution in [0.25, 0.3) is 0 Å². The minimum absolute atomic E-state index is 0.0755. The van der Waals surface area contributed by atoms with Gasteiger partial charge in [0.2, 0.25) is 12.7 Å². The summed E-state index contributed by atoms with van der Waals surface area (Å²) in [7, 11) is 0. The average molecular weight is 476 g/mol. The first-order valence-electron chi connectivity index (χ1n) is 9.86. The van der Waals surface area contributed by atoms with Gasteiger partial charge in [0.1, 0.15) is 11.5 Å².